The lowest BCUT2D eigenvalue weighted by Gasteiger charge is -2.21. The molecule has 0 aromatic heterocycles. The molecule has 2 N–H and O–H groups in total. The topological polar surface area (TPSA) is 75.6 Å². The van der Waals surface area contributed by atoms with Gasteiger partial charge in [-0.2, -0.15) is 0 Å². The van der Waals surface area contributed by atoms with Crippen LogP contribution in [0.3, 0.4) is 0 Å². The molecule has 0 saturated heterocycles. The Morgan fingerprint density at radius 2 is 2.05 bits per heavy atom. The van der Waals surface area contributed by atoms with Crippen LogP contribution in [-0.4, -0.2) is 35.2 Å². The van der Waals surface area contributed by atoms with Crippen molar-refractivity contribution in [2.24, 2.45) is 0 Å². The highest BCUT2D eigenvalue weighted by atomic mass is 79.9. The second kappa shape index (κ2) is 7.56. The minimum absolute atomic E-state index is 0.137. The number of ether oxygens (including phenoxy) is 1. The number of nitrogens with one attached hydrogen (secondary N) is 1. The summed E-state index contributed by atoms with van der Waals surface area (Å²) in [5.41, 5.74) is 0.287. The van der Waals surface area contributed by atoms with E-state index in [4.69, 9.17) is 4.74 Å². The van der Waals surface area contributed by atoms with E-state index in [1.54, 1.807) is 20.8 Å². The average molecular weight is 358 g/mol. The third kappa shape index (κ3) is 7.24. The van der Waals surface area contributed by atoms with E-state index in [1.165, 1.54) is 0 Å². The fourth-order valence-corrected chi connectivity index (χ4v) is 2.18. The smallest absolute Gasteiger partial charge is 0.321 e. The number of esters is 1. The van der Waals surface area contributed by atoms with Crippen LogP contribution in [0.2, 0.25) is 0 Å². The molecule has 0 heterocycles. The van der Waals surface area contributed by atoms with Crippen molar-refractivity contribution >= 4 is 27.9 Å². The van der Waals surface area contributed by atoms with Gasteiger partial charge in [0.2, 0.25) is 0 Å². The van der Waals surface area contributed by atoms with Crippen molar-refractivity contribution in [3.05, 3.63) is 34.3 Å². The van der Waals surface area contributed by atoms with E-state index < -0.39 is 23.6 Å². The van der Waals surface area contributed by atoms with E-state index in [2.05, 4.69) is 21.2 Å². The predicted molar refractivity (Wildman–Crippen MR) is 83.1 cm³/mol. The third-order valence-corrected chi connectivity index (χ3v) is 3.03. The number of carboxylic acids is 1. The molecule has 1 aromatic rings. The Morgan fingerprint density at radius 1 is 1.38 bits per heavy atom. The highest BCUT2D eigenvalue weighted by Crippen LogP contribution is 2.13. The summed E-state index contributed by atoms with van der Waals surface area (Å²) < 4.78 is 6.02. The Hall–Kier alpha value is -1.40. The number of benzene rings is 1. The highest BCUT2D eigenvalue weighted by molar-refractivity contribution is 9.10. The lowest BCUT2D eigenvalue weighted by Crippen LogP contribution is -2.42. The number of aliphatic carboxylic acids is 1. The van der Waals surface area contributed by atoms with Crippen molar-refractivity contribution in [3.8, 4) is 0 Å². The van der Waals surface area contributed by atoms with Gasteiger partial charge in [-0.05, 0) is 44.9 Å². The summed E-state index contributed by atoms with van der Waals surface area (Å²) in [6.07, 6.45) is 0.289. The van der Waals surface area contributed by atoms with Gasteiger partial charge in [-0.15, -0.1) is 0 Å². The van der Waals surface area contributed by atoms with Crippen LogP contribution in [0.4, 0.5) is 0 Å². The molecule has 0 aliphatic rings. The normalized spacial score (nSPS) is 12.8. The van der Waals surface area contributed by atoms with Gasteiger partial charge in [0.15, 0.2) is 0 Å². The van der Waals surface area contributed by atoms with Gasteiger partial charge in [-0.3, -0.25) is 14.9 Å². The van der Waals surface area contributed by atoms with Crippen LogP contribution in [0.5, 0.6) is 0 Å². The summed E-state index contributed by atoms with van der Waals surface area (Å²) in [6, 6.07) is 6.56. The van der Waals surface area contributed by atoms with Crippen LogP contribution in [-0.2, 0) is 20.7 Å². The van der Waals surface area contributed by atoms with E-state index in [-0.39, 0.29) is 13.0 Å². The third-order valence-electron chi connectivity index (χ3n) is 2.54. The van der Waals surface area contributed by atoms with Crippen LogP contribution in [0.15, 0.2) is 28.7 Å². The van der Waals surface area contributed by atoms with E-state index >= 15 is 0 Å². The van der Waals surface area contributed by atoms with Crippen LogP contribution in [0, 0.1) is 0 Å². The summed E-state index contributed by atoms with van der Waals surface area (Å²) >= 11 is 3.34. The Labute approximate surface area is 132 Å². The number of hydrogen-bond acceptors (Lipinski definition) is 4. The number of carbonyl (C=O) groups excluding carboxylic acids is 1. The summed E-state index contributed by atoms with van der Waals surface area (Å²) in [5.74, 6) is -1.47. The van der Waals surface area contributed by atoms with E-state index in [9.17, 15) is 14.7 Å². The van der Waals surface area contributed by atoms with Gasteiger partial charge in [-0.1, -0.05) is 28.1 Å². The average Bonchev–Trinajstić information content (AvgIpc) is 2.32. The lowest BCUT2D eigenvalue weighted by molar-refractivity contribution is -0.154. The molecule has 6 heteroatoms. The molecule has 1 aromatic carbocycles. The zero-order valence-corrected chi connectivity index (χ0v) is 13.9. The molecule has 0 aliphatic carbocycles. The molecule has 0 spiro atoms. The minimum atomic E-state index is -1.00. The van der Waals surface area contributed by atoms with Gasteiger partial charge >= 0.3 is 11.9 Å². The van der Waals surface area contributed by atoms with Gasteiger partial charge in [-0.25, -0.2) is 0 Å². The molecule has 0 fully saturated rings. The van der Waals surface area contributed by atoms with Gasteiger partial charge in [0.25, 0.3) is 0 Å². The van der Waals surface area contributed by atoms with Crippen molar-refractivity contribution in [2.45, 2.75) is 38.8 Å². The van der Waals surface area contributed by atoms with Gasteiger partial charge in [0.1, 0.15) is 11.6 Å². The molecule has 0 saturated carbocycles. The van der Waals surface area contributed by atoms with Crippen molar-refractivity contribution in [3.63, 3.8) is 0 Å². The molecular weight excluding hydrogens is 338 g/mol. The zero-order valence-electron chi connectivity index (χ0n) is 12.4. The van der Waals surface area contributed by atoms with Crippen molar-refractivity contribution < 1.29 is 19.4 Å². The van der Waals surface area contributed by atoms with Gasteiger partial charge in [0.05, 0.1) is 6.54 Å². The SMILES string of the molecule is CC(C)(C)OC(=O)CN[C@H](Cc1cccc(Br)c1)C(=O)O. The minimum Gasteiger partial charge on any atom is -0.480 e. The number of carbonyl (C=O) groups is 2. The molecule has 0 unspecified atom stereocenters. The Balaban J connectivity index is 2.59. The molecule has 0 aliphatic heterocycles. The van der Waals surface area contributed by atoms with E-state index in [0.717, 1.165) is 10.0 Å². The Bertz CT molecular complexity index is 511. The fourth-order valence-electron chi connectivity index (χ4n) is 1.73. The maximum absolute atomic E-state index is 11.6. The first-order valence-electron chi connectivity index (χ1n) is 6.60. The largest absolute Gasteiger partial charge is 0.480 e. The standard InChI is InChI=1S/C15H20BrNO4/c1-15(2,3)21-13(18)9-17-12(14(19)20)8-10-5-4-6-11(16)7-10/h4-7,12,17H,8-9H2,1-3H3,(H,19,20)/t12-/m1/s1. The van der Waals surface area contributed by atoms with E-state index in [1.807, 2.05) is 24.3 Å². The number of hydrogen-bond donors (Lipinski definition) is 2. The summed E-state index contributed by atoms with van der Waals surface area (Å²) in [7, 11) is 0. The molecule has 116 valence electrons. The molecule has 21 heavy (non-hydrogen) atoms. The molecular formula is C15H20BrNO4. The van der Waals surface area contributed by atoms with Crippen molar-refractivity contribution in [1.82, 2.24) is 5.32 Å². The quantitative estimate of drug-likeness (QED) is 0.764. The molecule has 1 rings (SSSR count). The number of carboxylic acid groups (broad SMARTS) is 1. The van der Waals surface area contributed by atoms with Crippen molar-refractivity contribution in [1.29, 1.82) is 0 Å². The molecule has 1 atom stereocenters. The van der Waals surface area contributed by atoms with Crippen LogP contribution >= 0.6 is 15.9 Å². The monoisotopic (exact) mass is 357 g/mol. The predicted octanol–water partition coefficient (Wildman–Crippen LogP) is 2.38. The summed E-state index contributed by atoms with van der Waals surface area (Å²) in [4.78, 5) is 22.9. The van der Waals surface area contributed by atoms with Crippen LogP contribution < -0.4 is 5.32 Å². The number of halogens is 1. The first-order valence-corrected chi connectivity index (χ1v) is 7.39. The first-order chi connectivity index (χ1) is 9.67. The summed E-state index contributed by atoms with van der Waals surface area (Å²) in [6.45, 7) is 5.16. The van der Waals surface area contributed by atoms with Crippen LogP contribution in [0.1, 0.15) is 26.3 Å². The second-order valence-electron chi connectivity index (χ2n) is 5.69. The fraction of sp³-hybridized carbons (Fsp3) is 0.467. The van der Waals surface area contributed by atoms with Crippen molar-refractivity contribution in [2.75, 3.05) is 6.54 Å². The first kappa shape index (κ1) is 17.7. The summed E-state index contributed by atoms with van der Waals surface area (Å²) in [5, 5.41) is 11.9. The molecule has 5 nitrogen and oxygen atoms in total. The highest BCUT2D eigenvalue weighted by Gasteiger charge is 2.21. The lowest BCUT2D eigenvalue weighted by atomic mass is 10.1. The molecule has 0 bridgehead atoms. The van der Waals surface area contributed by atoms with Crippen LogP contribution in [0.25, 0.3) is 0 Å². The maximum Gasteiger partial charge on any atom is 0.321 e. The van der Waals surface area contributed by atoms with E-state index in [0.29, 0.717) is 0 Å². The molecule has 0 amide bonds. The maximum atomic E-state index is 11.6. The molecule has 0 radical (unpaired) electrons. The zero-order chi connectivity index (χ0) is 16.0. The second-order valence-corrected chi connectivity index (χ2v) is 6.61. The van der Waals surface area contributed by atoms with Gasteiger partial charge < -0.3 is 9.84 Å². The Kier molecular flexibility index (Phi) is 6.36. The Morgan fingerprint density at radius 3 is 2.57 bits per heavy atom. The van der Waals surface area contributed by atoms with Gasteiger partial charge in [0, 0.05) is 4.47 Å². The number of rotatable bonds is 6.